The highest BCUT2D eigenvalue weighted by molar-refractivity contribution is 5.94. The summed E-state index contributed by atoms with van der Waals surface area (Å²) >= 11 is 0. The highest BCUT2D eigenvalue weighted by atomic mass is 19.1. The normalized spacial score (nSPS) is 16.8. The molecule has 4 rings (SSSR count). The summed E-state index contributed by atoms with van der Waals surface area (Å²) in [7, 11) is 0. The Morgan fingerprint density at radius 2 is 1.97 bits per heavy atom. The zero-order valence-electron chi connectivity index (χ0n) is 15.4. The molecule has 150 valence electrons. The lowest BCUT2D eigenvalue weighted by Crippen LogP contribution is -2.40. The van der Waals surface area contributed by atoms with Gasteiger partial charge in [0.15, 0.2) is 0 Å². The Bertz CT molecular complexity index is 1040. The van der Waals surface area contributed by atoms with Crippen molar-refractivity contribution in [2.75, 3.05) is 13.1 Å². The van der Waals surface area contributed by atoms with Gasteiger partial charge in [-0.3, -0.25) is 4.79 Å². The van der Waals surface area contributed by atoms with E-state index >= 15 is 0 Å². The minimum atomic E-state index is -0.872. The Kier molecular flexibility index (Phi) is 5.33. The molecule has 2 heterocycles. The van der Waals surface area contributed by atoms with Crippen molar-refractivity contribution in [3.63, 3.8) is 0 Å². The first-order valence-electron chi connectivity index (χ1n) is 9.33. The van der Waals surface area contributed by atoms with E-state index in [1.54, 1.807) is 23.1 Å². The first-order valence-corrected chi connectivity index (χ1v) is 9.33. The summed E-state index contributed by atoms with van der Waals surface area (Å²) in [5, 5.41) is 3.84. The van der Waals surface area contributed by atoms with E-state index in [1.807, 2.05) is 0 Å². The van der Waals surface area contributed by atoms with Gasteiger partial charge in [0.05, 0.1) is 11.1 Å². The van der Waals surface area contributed by atoms with Crippen LogP contribution in [0.25, 0.3) is 11.4 Å². The van der Waals surface area contributed by atoms with Gasteiger partial charge >= 0.3 is 0 Å². The predicted molar refractivity (Wildman–Crippen MR) is 98.4 cm³/mol. The summed E-state index contributed by atoms with van der Waals surface area (Å²) in [5.41, 5.74) is 0.112. The van der Waals surface area contributed by atoms with E-state index < -0.39 is 23.4 Å². The lowest BCUT2D eigenvalue weighted by atomic mass is 9.94. The largest absolute Gasteiger partial charge is 0.339 e. The molecule has 1 aromatic heterocycles. The van der Waals surface area contributed by atoms with Crippen LogP contribution in [-0.2, 0) is 6.42 Å². The van der Waals surface area contributed by atoms with Gasteiger partial charge in [-0.15, -0.1) is 0 Å². The highest BCUT2D eigenvalue weighted by Crippen LogP contribution is 2.25. The lowest BCUT2D eigenvalue weighted by Gasteiger charge is -2.32. The molecule has 5 nitrogen and oxygen atoms in total. The second-order valence-electron chi connectivity index (χ2n) is 7.08. The molecule has 3 aromatic rings. The topological polar surface area (TPSA) is 59.2 Å². The molecule has 0 radical (unpaired) electrons. The van der Waals surface area contributed by atoms with E-state index in [-0.39, 0.29) is 22.9 Å². The molecule has 0 saturated carbocycles. The van der Waals surface area contributed by atoms with Crippen LogP contribution in [0.5, 0.6) is 0 Å². The summed E-state index contributed by atoms with van der Waals surface area (Å²) in [6.07, 6.45) is 2.01. The maximum absolute atomic E-state index is 13.9. The van der Waals surface area contributed by atoms with Crippen LogP contribution in [0, 0.1) is 23.4 Å². The molecule has 1 fully saturated rings. The van der Waals surface area contributed by atoms with Crippen molar-refractivity contribution in [2.24, 2.45) is 5.92 Å². The van der Waals surface area contributed by atoms with Crippen molar-refractivity contribution in [2.45, 2.75) is 19.3 Å². The molecule has 0 spiro atoms. The Balaban J connectivity index is 1.44. The number of hydrogen-bond acceptors (Lipinski definition) is 4. The zero-order valence-corrected chi connectivity index (χ0v) is 15.4. The molecule has 1 aliphatic rings. The lowest BCUT2D eigenvalue weighted by molar-refractivity contribution is 0.0663. The van der Waals surface area contributed by atoms with Crippen molar-refractivity contribution in [3.05, 3.63) is 71.4 Å². The number of nitrogens with zero attached hydrogens (tertiary/aromatic N) is 3. The van der Waals surface area contributed by atoms with E-state index in [4.69, 9.17) is 4.52 Å². The summed E-state index contributed by atoms with van der Waals surface area (Å²) in [6, 6.07) is 9.10. The van der Waals surface area contributed by atoms with Crippen molar-refractivity contribution < 1.29 is 22.5 Å². The Morgan fingerprint density at radius 1 is 1.14 bits per heavy atom. The van der Waals surface area contributed by atoms with Crippen LogP contribution in [0.2, 0.25) is 0 Å². The third kappa shape index (κ3) is 4.16. The molecular formula is C21H18F3N3O2. The van der Waals surface area contributed by atoms with Gasteiger partial charge in [0.25, 0.3) is 5.91 Å². The van der Waals surface area contributed by atoms with Crippen LogP contribution in [0.15, 0.2) is 47.0 Å². The molecule has 1 unspecified atom stereocenters. The van der Waals surface area contributed by atoms with Crippen LogP contribution >= 0.6 is 0 Å². The maximum Gasteiger partial charge on any atom is 0.256 e. The quantitative estimate of drug-likeness (QED) is 0.656. The number of likely N-dealkylation sites (tertiary alicyclic amines) is 1. The Hall–Kier alpha value is -3.16. The van der Waals surface area contributed by atoms with Gasteiger partial charge in [-0.25, -0.2) is 13.2 Å². The van der Waals surface area contributed by atoms with E-state index in [0.29, 0.717) is 31.5 Å². The number of halogens is 3. The van der Waals surface area contributed by atoms with Crippen LogP contribution in [0.4, 0.5) is 13.2 Å². The van der Waals surface area contributed by atoms with Gasteiger partial charge in [0.2, 0.25) is 11.7 Å². The standard InChI is InChI=1S/C21H18F3N3O2/c22-14-7-8-16(18(24)11-14)21(28)27-9-3-4-13(12-27)10-19-25-20(26-29-19)15-5-1-2-6-17(15)23/h1-2,5-8,11,13H,3-4,9-10,12H2. The molecule has 1 saturated heterocycles. The molecule has 1 aliphatic heterocycles. The van der Waals surface area contributed by atoms with Crippen LogP contribution in [0.1, 0.15) is 29.1 Å². The minimum absolute atomic E-state index is 0.0464. The molecule has 2 aromatic carbocycles. The van der Waals surface area contributed by atoms with Gasteiger partial charge in [-0.1, -0.05) is 17.3 Å². The first-order chi connectivity index (χ1) is 14.0. The molecule has 0 aliphatic carbocycles. The number of aromatic nitrogens is 2. The van der Waals surface area contributed by atoms with Crippen LogP contribution in [-0.4, -0.2) is 34.0 Å². The van der Waals surface area contributed by atoms with Gasteiger partial charge in [-0.2, -0.15) is 4.98 Å². The smallest absolute Gasteiger partial charge is 0.256 e. The highest BCUT2D eigenvalue weighted by Gasteiger charge is 2.27. The summed E-state index contributed by atoms with van der Waals surface area (Å²) in [4.78, 5) is 18.4. The van der Waals surface area contributed by atoms with E-state index in [0.717, 1.165) is 25.0 Å². The Morgan fingerprint density at radius 3 is 2.76 bits per heavy atom. The third-order valence-electron chi connectivity index (χ3n) is 5.01. The summed E-state index contributed by atoms with van der Waals surface area (Å²) < 4.78 is 46.2. The average molecular weight is 401 g/mol. The third-order valence-corrected chi connectivity index (χ3v) is 5.01. The van der Waals surface area contributed by atoms with Gasteiger partial charge < -0.3 is 9.42 Å². The number of hydrogen-bond donors (Lipinski definition) is 0. The fraction of sp³-hybridized carbons (Fsp3) is 0.286. The first kappa shape index (κ1) is 19.2. The molecule has 8 heteroatoms. The summed E-state index contributed by atoms with van der Waals surface area (Å²) in [5.74, 6) is -1.92. The molecule has 0 N–H and O–H groups in total. The molecular weight excluding hydrogens is 383 g/mol. The molecule has 0 bridgehead atoms. The van der Waals surface area contributed by atoms with E-state index in [1.165, 1.54) is 6.07 Å². The fourth-order valence-corrected chi connectivity index (χ4v) is 3.59. The second-order valence-corrected chi connectivity index (χ2v) is 7.08. The van der Waals surface area contributed by atoms with Crippen molar-refractivity contribution in [1.82, 2.24) is 15.0 Å². The molecule has 1 atom stereocenters. The maximum atomic E-state index is 13.9. The predicted octanol–water partition coefficient (Wildman–Crippen LogP) is 4.25. The second kappa shape index (κ2) is 8.06. The number of amides is 1. The summed E-state index contributed by atoms with van der Waals surface area (Å²) in [6.45, 7) is 0.892. The SMILES string of the molecule is O=C(c1ccc(F)cc1F)N1CCCC(Cc2nc(-c3ccccc3F)no2)C1. The van der Waals surface area contributed by atoms with Gasteiger partial charge in [-0.05, 0) is 43.0 Å². The van der Waals surface area contributed by atoms with Crippen LogP contribution in [0.3, 0.4) is 0 Å². The van der Waals surface area contributed by atoms with E-state index in [9.17, 15) is 18.0 Å². The number of rotatable bonds is 4. The van der Waals surface area contributed by atoms with E-state index in [2.05, 4.69) is 10.1 Å². The van der Waals surface area contributed by atoms with Crippen molar-refractivity contribution in [1.29, 1.82) is 0 Å². The monoisotopic (exact) mass is 401 g/mol. The Labute approximate surface area is 165 Å². The average Bonchev–Trinajstić information content (AvgIpc) is 3.16. The van der Waals surface area contributed by atoms with Gasteiger partial charge in [0, 0.05) is 25.6 Å². The van der Waals surface area contributed by atoms with Crippen molar-refractivity contribution in [3.8, 4) is 11.4 Å². The fourth-order valence-electron chi connectivity index (χ4n) is 3.59. The number of carbonyl (C=O) groups excluding carboxylic acids is 1. The minimum Gasteiger partial charge on any atom is -0.339 e. The van der Waals surface area contributed by atoms with Crippen LogP contribution < -0.4 is 0 Å². The zero-order chi connectivity index (χ0) is 20.4. The van der Waals surface area contributed by atoms with Gasteiger partial charge in [0.1, 0.15) is 17.5 Å². The van der Waals surface area contributed by atoms with Crippen molar-refractivity contribution >= 4 is 5.91 Å². The number of piperidine rings is 1. The molecule has 1 amide bonds. The number of benzene rings is 2. The molecule has 29 heavy (non-hydrogen) atoms. The number of carbonyl (C=O) groups is 1.